The number of amides is 1. The molecule has 0 aromatic heterocycles. The first-order chi connectivity index (χ1) is 11.3. The summed E-state index contributed by atoms with van der Waals surface area (Å²) in [6.07, 6.45) is 0.511. The Kier molecular flexibility index (Phi) is 4.93. The van der Waals surface area contributed by atoms with E-state index in [4.69, 9.17) is 4.74 Å². The van der Waals surface area contributed by atoms with E-state index < -0.39 is 0 Å². The topological polar surface area (TPSA) is 50.4 Å². The molecular weight excluding hydrogens is 288 g/mol. The maximum absolute atomic E-state index is 11.4. The van der Waals surface area contributed by atoms with Crippen LogP contribution in [0.2, 0.25) is 0 Å². The number of nitrogens with one attached hydrogen (secondary N) is 2. The SMILES string of the molecule is COC(=O)N[C@H]1CN[C@H](C(c2ccccc2)c2ccccc2)C1. The number of methoxy groups -OCH3 is 1. The zero-order chi connectivity index (χ0) is 16.1. The molecule has 1 aliphatic heterocycles. The van der Waals surface area contributed by atoms with Crippen LogP contribution < -0.4 is 10.6 Å². The Labute approximate surface area is 136 Å². The number of alkyl carbamates (subject to hydrolysis) is 1. The average molecular weight is 310 g/mol. The van der Waals surface area contributed by atoms with Crippen molar-refractivity contribution in [3.05, 3.63) is 71.8 Å². The molecule has 0 bridgehead atoms. The van der Waals surface area contributed by atoms with E-state index in [9.17, 15) is 4.79 Å². The number of carbonyl (C=O) groups excluding carboxylic acids is 1. The first-order valence-electron chi connectivity index (χ1n) is 7.95. The maximum Gasteiger partial charge on any atom is 0.407 e. The van der Waals surface area contributed by atoms with Gasteiger partial charge in [-0.2, -0.15) is 0 Å². The zero-order valence-electron chi connectivity index (χ0n) is 13.2. The van der Waals surface area contributed by atoms with Gasteiger partial charge in [0.25, 0.3) is 0 Å². The summed E-state index contributed by atoms with van der Waals surface area (Å²) in [7, 11) is 1.39. The van der Waals surface area contributed by atoms with Gasteiger partial charge in [-0.3, -0.25) is 0 Å². The van der Waals surface area contributed by atoms with Gasteiger partial charge in [-0.1, -0.05) is 60.7 Å². The molecule has 4 nitrogen and oxygen atoms in total. The van der Waals surface area contributed by atoms with Gasteiger partial charge in [0.2, 0.25) is 0 Å². The summed E-state index contributed by atoms with van der Waals surface area (Å²) in [5, 5.41) is 6.46. The van der Waals surface area contributed by atoms with Gasteiger partial charge in [-0.05, 0) is 17.5 Å². The fourth-order valence-electron chi connectivity index (χ4n) is 3.33. The molecule has 0 saturated carbocycles. The molecule has 1 aliphatic rings. The quantitative estimate of drug-likeness (QED) is 0.913. The van der Waals surface area contributed by atoms with Crippen molar-refractivity contribution in [1.82, 2.24) is 10.6 Å². The number of hydrogen-bond donors (Lipinski definition) is 2. The second-order valence-electron chi connectivity index (χ2n) is 5.88. The fraction of sp³-hybridized carbons (Fsp3) is 0.316. The van der Waals surface area contributed by atoms with Crippen LogP contribution in [0.4, 0.5) is 4.79 Å². The second kappa shape index (κ2) is 7.29. The Morgan fingerprint density at radius 3 is 2.17 bits per heavy atom. The van der Waals surface area contributed by atoms with E-state index in [0.717, 1.165) is 13.0 Å². The molecular formula is C19H22N2O2. The molecule has 0 aliphatic carbocycles. The maximum atomic E-state index is 11.4. The van der Waals surface area contributed by atoms with E-state index in [1.54, 1.807) is 0 Å². The van der Waals surface area contributed by atoms with Gasteiger partial charge in [0, 0.05) is 24.5 Å². The minimum absolute atomic E-state index is 0.0994. The average Bonchev–Trinajstić information content (AvgIpc) is 3.05. The summed E-state index contributed by atoms with van der Waals surface area (Å²) in [5.74, 6) is 0.266. The zero-order valence-corrected chi connectivity index (χ0v) is 13.2. The molecule has 2 aromatic carbocycles. The lowest BCUT2D eigenvalue weighted by Crippen LogP contribution is -2.35. The van der Waals surface area contributed by atoms with Crippen molar-refractivity contribution in [2.24, 2.45) is 0 Å². The molecule has 120 valence electrons. The molecule has 0 unspecified atom stereocenters. The molecule has 1 amide bonds. The van der Waals surface area contributed by atoms with E-state index in [-0.39, 0.29) is 24.1 Å². The van der Waals surface area contributed by atoms with Crippen molar-refractivity contribution in [2.45, 2.75) is 24.4 Å². The predicted octanol–water partition coefficient (Wildman–Crippen LogP) is 2.91. The van der Waals surface area contributed by atoms with Crippen molar-refractivity contribution in [2.75, 3.05) is 13.7 Å². The summed E-state index contributed by atoms with van der Waals surface area (Å²) >= 11 is 0. The van der Waals surface area contributed by atoms with E-state index >= 15 is 0 Å². The Hall–Kier alpha value is -2.33. The highest BCUT2D eigenvalue weighted by molar-refractivity contribution is 5.67. The lowest BCUT2D eigenvalue weighted by atomic mass is 9.84. The van der Waals surface area contributed by atoms with Crippen LogP contribution in [-0.4, -0.2) is 31.8 Å². The molecule has 1 fully saturated rings. The van der Waals surface area contributed by atoms with Gasteiger partial charge in [-0.25, -0.2) is 4.79 Å². The van der Waals surface area contributed by atoms with Crippen LogP contribution in [0.3, 0.4) is 0 Å². The molecule has 4 heteroatoms. The van der Waals surface area contributed by atoms with Crippen molar-refractivity contribution < 1.29 is 9.53 Å². The predicted molar refractivity (Wildman–Crippen MR) is 90.5 cm³/mol. The van der Waals surface area contributed by atoms with Crippen LogP contribution >= 0.6 is 0 Å². The summed E-state index contributed by atoms with van der Waals surface area (Å²) in [6, 6.07) is 21.4. The normalized spacial score (nSPS) is 20.4. The Morgan fingerprint density at radius 2 is 1.65 bits per heavy atom. The minimum atomic E-state index is -0.367. The van der Waals surface area contributed by atoms with Crippen molar-refractivity contribution in [1.29, 1.82) is 0 Å². The third-order valence-electron chi connectivity index (χ3n) is 4.39. The number of carbonyl (C=O) groups is 1. The van der Waals surface area contributed by atoms with Gasteiger partial charge in [0.15, 0.2) is 0 Å². The van der Waals surface area contributed by atoms with Crippen LogP contribution in [0.15, 0.2) is 60.7 Å². The monoisotopic (exact) mass is 310 g/mol. The summed E-state index contributed by atoms with van der Waals surface area (Å²) < 4.78 is 4.70. The third kappa shape index (κ3) is 3.71. The molecule has 3 rings (SSSR count). The summed E-state index contributed by atoms with van der Waals surface area (Å²) in [5.41, 5.74) is 2.57. The van der Waals surface area contributed by atoms with Crippen molar-refractivity contribution in [3.63, 3.8) is 0 Å². The first-order valence-corrected chi connectivity index (χ1v) is 7.95. The molecule has 0 spiro atoms. The molecule has 2 atom stereocenters. The fourth-order valence-corrected chi connectivity index (χ4v) is 3.33. The van der Waals surface area contributed by atoms with Crippen LogP contribution in [0.1, 0.15) is 23.5 Å². The largest absolute Gasteiger partial charge is 0.453 e. The number of rotatable bonds is 4. The van der Waals surface area contributed by atoms with Gasteiger partial charge in [-0.15, -0.1) is 0 Å². The molecule has 2 aromatic rings. The summed E-state index contributed by atoms with van der Waals surface area (Å²) in [6.45, 7) is 0.760. The van der Waals surface area contributed by atoms with Gasteiger partial charge < -0.3 is 15.4 Å². The lowest BCUT2D eigenvalue weighted by molar-refractivity contribution is 0.167. The van der Waals surface area contributed by atoms with Gasteiger partial charge in [0.05, 0.1) is 7.11 Å². The number of ether oxygens (including phenoxy) is 1. The Bertz CT molecular complexity index is 591. The smallest absolute Gasteiger partial charge is 0.407 e. The summed E-state index contributed by atoms with van der Waals surface area (Å²) in [4.78, 5) is 11.4. The van der Waals surface area contributed by atoms with Crippen molar-refractivity contribution >= 4 is 6.09 Å². The third-order valence-corrected chi connectivity index (χ3v) is 4.39. The van der Waals surface area contributed by atoms with Gasteiger partial charge in [0.1, 0.15) is 0 Å². The second-order valence-corrected chi connectivity index (χ2v) is 5.88. The minimum Gasteiger partial charge on any atom is -0.453 e. The van der Waals surface area contributed by atoms with E-state index in [2.05, 4.69) is 59.2 Å². The molecule has 1 heterocycles. The van der Waals surface area contributed by atoms with Crippen LogP contribution in [-0.2, 0) is 4.74 Å². The van der Waals surface area contributed by atoms with Crippen LogP contribution in [0.25, 0.3) is 0 Å². The number of benzene rings is 2. The van der Waals surface area contributed by atoms with Gasteiger partial charge >= 0.3 is 6.09 Å². The Morgan fingerprint density at radius 1 is 1.09 bits per heavy atom. The lowest BCUT2D eigenvalue weighted by Gasteiger charge is -2.25. The molecule has 0 radical (unpaired) electrons. The van der Waals surface area contributed by atoms with E-state index in [1.807, 2.05) is 12.1 Å². The molecule has 1 saturated heterocycles. The number of hydrogen-bond acceptors (Lipinski definition) is 3. The highest BCUT2D eigenvalue weighted by atomic mass is 16.5. The van der Waals surface area contributed by atoms with E-state index in [0.29, 0.717) is 0 Å². The van der Waals surface area contributed by atoms with Crippen LogP contribution in [0.5, 0.6) is 0 Å². The Balaban J connectivity index is 1.81. The highest BCUT2D eigenvalue weighted by Gasteiger charge is 2.33. The molecule has 2 N–H and O–H groups in total. The highest BCUT2D eigenvalue weighted by Crippen LogP contribution is 2.32. The van der Waals surface area contributed by atoms with E-state index in [1.165, 1.54) is 18.2 Å². The van der Waals surface area contributed by atoms with Crippen molar-refractivity contribution in [3.8, 4) is 0 Å². The first kappa shape index (κ1) is 15.6. The van der Waals surface area contributed by atoms with Crippen LogP contribution in [0, 0.1) is 0 Å². The standard InChI is InChI=1S/C19H22N2O2/c1-23-19(22)21-16-12-17(20-13-16)18(14-8-4-2-5-9-14)15-10-6-3-7-11-15/h2-11,16-18,20H,12-13H2,1H3,(H,21,22)/t16-,17+/m1/s1. The molecule has 23 heavy (non-hydrogen) atoms.